The molecule has 8 heteroatoms. The van der Waals surface area contributed by atoms with Crippen LogP contribution in [0.2, 0.25) is 0 Å². The second-order valence-electron chi connectivity index (χ2n) is 7.61. The van der Waals surface area contributed by atoms with Crippen LogP contribution in [0.5, 0.6) is 5.75 Å². The Balaban J connectivity index is 1.48. The lowest BCUT2D eigenvalue weighted by atomic mass is 10.1. The van der Waals surface area contributed by atoms with Crippen molar-refractivity contribution in [1.29, 1.82) is 0 Å². The maximum Gasteiger partial charge on any atom is 0.243 e. The molecule has 0 spiro atoms. The van der Waals surface area contributed by atoms with E-state index in [-0.39, 0.29) is 10.8 Å². The van der Waals surface area contributed by atoms with Crippen molar-refractivity contribution in [1.82, 2.24) is 14.5 Å². The van der Waals surface area contributed by atoms with Gasteiger partial charge in [-0.1, -0.05) is 25.7 Å². The molecule has 0 bridgehead atoms. The van der Waals surface area contributed by atoms with Crippen molar-refractivity contribution in [2.45, 2.75) is 49.5 Å². The molecule has 0 aromatic heterocycles. The largest absolute Gasteiger partial charge is 0.497 e. The molecule has 2 aliphatic rings. The van der Waals surface area contributed by atoms with Crippen LogP contribution in [-0.2, 0) is 14.8 Å². The molecule has 28 heavy (non-hydrogen) atoms. The normalized spacial score (nSPS) is 20.5. The first-order valence-corrected chi connectivity index (χ1v) is 11.6. The topological polar surface area (TPSA) is 79.0 Å². The zero-order valence-corrected chi connectivity index (χ0v) is 17.4. The minimum atomic E-state index is -3.52. The van der Waals surface area contributed by atoms with E-state index in [0.717, 1.165) is 12.8 Å². The number of hydrogen-bond acceptors (Lipinski definition) is 5. The lowest BCUT2D eigenvalue weighted by Gasteiger charge is -2.33. The molecule has 156 valence electrons. The molecule has 1 heterocycles. The summed E-state index contributed by atoms with van der Waals surface area (Å²) < 4.78 is 32.2. The van der Waals surface area contributed by atoms with E-state index >= 15 is 0 Å². The highest BCUT2D eigenvalue weighted by atomic mass is 32.2. The van der Waals surface area contributed by atoms with E-state index < -0.39 is 10.0 Å². The monoisotopic (exact) mass is 409 g/mol. The molecule has 1 aliphatic carbocycles. The van der Waals surface area contributed by atoms with Crippen LogP contribution in [-0.4, -0.2) is 69.4 Å². The molecule has 2 fully saturated rings. The molecule has 1 saturated heterocycles. The summed E-state index contributed by atoms with van der Waals surface area (Å²) in [5.41, 5.74) is 0. The van der Waals surface area contributed by atoms with Crippen LogP contribution in [0.15, 0.2) is 29.2 Å². The van der Waals surface area contributed by atoms with E-state index in [0.29, 0.717) is 44.5 Å². The predicted molar refractivity (Wildman–Crippen MR) is 108 cm³/mol. The third kappa shape index (κ3) is 5.46. The summed E-state index contributed by atoms with van der Waals surface area (Å²) in [6.45, 7) is 2.25. The van der Waals surface area contributed by atoms with Crippen LogP contribution in [0.1, 0.15) is 38.5 Å². The van der Waals surface area contributed by atoms with Gasteiger partial charge in [-0.3, -0.25) is 9.69 Å². The fourth-order valence-electron chi connectivity index (χ4n) is 3.92. The fraction of sp³-hybridized carbons (Fsp3) is 0.650. The van der Waals surface area contributed by atoms with Gasteiger partial charge in [0, 0.05) is 32.2 Å². The number of piperazine rings is 1. The van der Waals surface area contributed by atoms with Crippen molar-refractivity contribution >= 4 is 15.9 Å². The smallest absolute Gasteiger partial charge is 0.243 e. The van der Waals surface area contributed by atoms with Crippen LogP contribution in [0.3, 0.4) is 0 Å². The van der Waals surface area contributed by atoms with Gasteiger partial charge in [0.2, 0.25) is 15.9 Å². The lowest BCUT2D eigenvalue weighted by Crippen LogP contribution is -2.51. The third-order valence-corrected chi connectivity index (χ3v) is 7.53. The maximum atomic E-state index is 12.8. The van der Waals surface area contributed by atoms with Crippen molar-refractivity contribution in [3.63, 3.8) is 0 Å². The van der Waals surface area contributed by atoms with E-state index in [2.05, 4.69) is 5.32 Å². The number of amides is 1. The summed E-state index contributed by atoms with van der Waals surface area (Å²) in [4.78, 5) is 14.7. The third-order valence-electron chi connectivity index (χ3n) is 5.62. The van der Waals surface area contributed by atoms with Crippen LogP contribution in [0, 0.1) is 0 Å². The Labute approximate surface area is 168 Å². The quantitative estimate of drug-likeness (QED) is 0.726. The highest BCUT2D eigenvalue weighted by molar-refractivity contribution is 7.89. The number of nitrogens with zero attached hydrogens (tertiary/aromatic N) is 2. The number of rotatable bonds is 6. The molecule has 1 saturated carbocycles. The summed E-state index contributed by atoms with van der Waals surface area (Å²) in [6.07, 6.45) is 7.03. The molecule has 3 rings (SSSR count). The molecule has 0 atom stereocenters. The summed E-state index contributed by atoms with van der Waals surface area (Å²) in [6, 6.07) is 6.75. The standard InChI is InChI=1S/C20H31N3O4S/c1-27-18-8-10-19(11-9-18)28(25,26)23-14-12-22(13-15-23)16-20(24)21-17-6-4-2-3-5-7-17/h8-11,17H,2-7,12-16H2,1H3,(H,21,24). The van der Waals surface area contributed by atoms with Crippen molar-refractivity contribution in [2.24, 2.45) is 0 Å². The van der Waals surface area contributed by atoms with Gasteiger partial charge >= 0.3 is 0 Å². The Morgan fingerprint density at radius 2 is 1.64 bits per heavy atom. The van der Waals surface area contributed by atoms with Crippen molar-refractivity contribution in [3.8, 4) is 5.75 Å². The minimum Gasteiger partial charge on any atom is -0.497 e. The minimum absolute atomic E-state index is 0.0540. The summed E-state index contributed by atoms with van der Waals surface area (Å²) in [5.74, 6) is 0.682. The van der Waals surface area contributed by atoms with E-state index in [1.54, 1.807) is 31.4 Å². The average Bonchev–Trinajstić information content (AvgIpc) is 2.97. The van der Waals surface area contributed by atoms with Crippen LogP contribution >= 0.6 is 0 Å². The summed E-state index contributed by atoms with van der Waals surface area (Å²) in [5, 5.41) is 3.16. The van der Waals surface area contributed by atoms with Crippen LogP contribution < -0.4 is 10.1 Å². The Kier molecular flexibility index (Phi) is 7.31. The second-order valence-corrected chi connectivity index (χ2v) is 9.55. The number of hydrogen-bond donors (Lipinski definition) is 1. The van der Waals surface area contributed by atoms with Gasteiger partial charge in [-0.15, -0.1) is 0 Å². The predicted octanol–water partition coefficient (Wildman–Crippen LogP) is 1.84. The van der Waals surface area contributed by atoms with Gasteiger partial charge in [0.25, 0.3) is 0 Å². The molecule has 1 N–H and O–H groups in total. The van der Waals surface area contributed by atoms with Gasteiger partial charge in [0.15, 0.2) is 0 Å². The number of methoxy groups -OCH3 is 1. The molecule has 1 amide bonds. The number of carbonyl (C=O) groups excluding carboxylic acids is 1. The number of benzene rings is 1. The number of sulfonamides is 1. The Hall–Kier alpha value is -1.64. The van der Waals surface area contributed by atoms with Gasteiger partial charge in [-0.25, -0.2) is 8.42 Å². The summed E-state index contributed by atoms with van der Waals surface area (Å²) in [7, 11) is -1.96. The first kappa shape index (κ1) is 21.1. The van der Waals surface area contributed by atoms with Gasteiger partial charge in [-0.05, 0) is 37.1 Å². The fourth-order valence-corrected chi connectivity index (χ4v) is 5.35. The molecule has 7 nitrogen and oxygen atoms in total. The molecule has 1 aromatic carbocycles. The molecular formula is C20H31N3O4S. The lowest BCUT2D eigenvalue weighted by molar-refractivity contribution is -0.123. The van der Waals surface area contributed by atoms with E-state index in [1.807, 2.05) is 4.90 Å². The van der Waals surface area contributed by atoms with Gasteiger partial charge < -0.3 is 10.1 Å². The molecule has 0 unspecified atom stereocenters. The molecule has 1 aliphatic heterocycles. The zero-order chi connectivity index (χ0) is 20.0. The highest BCUT2D eigenvalue weighted by Gasteiger charge is 2.29. The van der Waals surface area contributed by atoms with E-state index in [1.165, 1.54) is 30.0 Å². The Bertz CT molecular complexity index is 735. The van der Waals surface area contributed by atoms with Crippen LogP contribution in [0.4, 0.5) is 0 Å². The van der Waals surface area contributed by atoms with Crippen molar-refractivity contribution < 1.29 is 17.9 Å². The molecular weight excluding hydrogens is 378 g/mol. The maximum absolute atomic E-state index is 12.8. The number of nitrogens with one attached hydrogen (secondary N) is 1. The average molecular weight is 410 g/mol. The SMILES string of the molecule is COc1ccc(S(=O)(=O)N2CCN(CC(=O)NC3CCCCCC3)CC2)cc1. The molecule has 0 radical (unpaired) electrons. The second kappa shape index (κ2) is 9.71. The van der Waals surface area contributed by atoms with Crippen LogP contribution in [0.25, 0.3) is 0 Å². The first-order valence-electron chi connectivity index (χ1n) is 10.1. The zero-order valence-electron chi connectivity index (χ0n) is 16.6. The van der Waals surface area contributed by atoms with Gasteiger partial charge in [0.1, 0.15) is 5.75 Å². The van der Waals surface area contributed by atoms with Gasteiger partial charge in [0.05, 0.1) is 18.6 Å². The Morgan fingerprint density at radius 1 is 1.04 bits per heavy atom. The van der Waals surface area contributed by atoms with E-state index in [9.17, 15) is 13.2 Å². The van der Waals surface area contributed by atoms with Crippen molar-refractivity contribution in [2.75, 3.05) is 39.8 Å². The first-order chi connectivity index (χ1) is 13.5. The van der Waals surface area contributed by atoms with Crippen molar-refractivity contribution in [3.05, 3.63) is 24.3 Å². The molecule has 1 aromatic rings. The Morgan fingerprint density at radius 3 is 2.21 bits per heavy atom. The number of ether oxygens (including phenoxy) is 1. The number of carbonyl (C=O) groups is 1. The summed E-state index contributed by atoms with van der Waals surface area (Å²) >= 11 is 0. The van der Waals surface area contributed by atoms with E-state index in [4.69, 9.17) is 4.74 Å². The van der Waals surface area contributed by atoms with Gasteiger partial charge in [-0.2, -0.15) is 4.31 Å². The highest BCUT2D eigenvalue weighted by Crippen LogP contribution is 2.21.